The van der Waals surface area contributed by atoms with Crippen molar-refractivity contribution < 1.29 is 9.90 Å². The van der Waals surface area contributed by atoms with E-state index < -0.39 is 5.97 Å². The molecule has 0 saturated heterocycles. The Morgan fingerprint density at radius 1 is 1.19 bits per heavy atom. The highest BCUT2D eigenvalue weighted by Gasteiger charge is 2.22. The lowest BCUT2D eigenvalue weighted by Crippen LogP contribution is -2.18. The molecule has 1 aliphatic carbocycles. The molecule has 0 radical (unpaired) electrons. The third-order valence-corrected chi connectivity index (χ3v) is 4.24. The summed E-state index contributed by atoms with van der Waals surface area (Å²) in [4.78, 5) is 11.4. The van der Waals surface area contributed by atoms with E-state index in [1.807, 2.05) is 12.1 Å². The Morgan fingerprint density at radius 2 is 2.00 bits per heavy atom. The second-order valence-electron chi connectivity index (χ2n) is 5.26. The number of aromatic carboxylic acids is 1. The molecule has 2 aromatic carbocycles. The third-order valence-electron chi connectivity index (χ3n) is 3.93. The molecule has 2 aromatic rings. The van der Waals surface area contributed by atoms with Gasteiger partial charge in [-0.05, 0) is 42.5 Å². The number of carboxylic acids is 1. The van der Waals surface area contributed by atoms with Crippen LogP contribution in [0.2, 0.25) is 5.02 Å². The molecular formula is C17H16ClNO2. The summed E-state index contributed by atoms with van der Waals surface area (Å²) in [6.45, 7) is 0. The zero-order chi connectivity index (χ0) is 14.8. The average Bonchev–Trinajstić information content (AvgIpc) is 2.47. The van der Waals surface area contributed by atoms with Crippen LogP contribution in [0.5, 0.6) is 0 Å². The lowest BCUT2D eigenvalue weighted by atomic mass is 9.87. The van der Waals surface area contributed by atoms with Gasteiger partial charge in [-0.25, -0.2) is 4.79 Å². The van der Waals surface area contributed by atoms with E-state index in [1.165, 1.54) is 11.1 Å². The maximum atomic E-state index is 11.4. The molecule has 0 heterocycles. The fourth-order valence-electron chi connectivity index (χ4n) is 2.95. The first-order chi connectivity index (χ1) is 10.2. The van der Waals surface area contributed by atoms with Crippen LogP contribution in [-0.4, -0.2) is 11.1 Å². The lowest BCUT2D eigenvalue weighted by molar-refractivity contribution is 0.0698. The minimum absolute atomic E-state index is 0.131. The number of carbonyl (C=O) groups is 1. The molecule has 1 atom stereocenters. The molecular weight excluding hydrogens is 286 g/mol. The molecule has 4 heteroatoms. The molecule has 1 aliphatic rings. The first-order valence-electron chi connectivity index (χ1n) is 7.03. The molecule has 0 aromatic heterocycles. The van der Waals surface area contributed by atoms with E-state index >= 15 is 0 Å². The summed E-state index contributed by atoms with van der Waals surface area (Å²) in [5.74, 6) is -1.01. The van der Waals surface area contributed by atoms with Gasteiger partial charge in [-0.1, -0.05) is 41.9 Å². The normalized spacial score (nSPS) is 17.1. The van der Waals surface area contributed by atoms with Crippen molar-refractivity contribution in [2.24, 2.45) is 0 Å². The number of rotatable bonds is 3. The molecule has 3 rings (SSSR count). The van der Waals surface area contributed by atoms with E-state index in [1.54, 1.807) is 18.2 Å². The summed E-state index contributed by atoms with van der Waals surface area (Å²) in [7, 11) is 0. The van der Waals surface area contributed by atoms with Crippen LogP contribution >= 0.6 is 11.6 Å². The molecule has 0 aliphatic heterocycles. The fraction of sp³-hybridized carbons (Fsp3) is 0.235. The molecule has 108 valence electrons. The zero-order valence-corrected chi connectivity index (χ0v) is 12.2. The van der Waals surface area contributed by atoms with Crippen molar-refractivity contribution in [3.8, 4) is 0 Å². The quantitative estimate of drug-likeness (QED) is 0.876. The second-order valence-corrected chi connectivity index (χ2v) is 5.66. The maximum absolute atomic E-state index is 11.4. The molecule has 21 heavy (non-hydrogen) atoms. The Morgan fingerprint density at radius 3 is 2.81 bits per heavy atom. The van der Waals surface area contributed by atoms with Gasteiger partial charge in [0.2, 0.25) is 0 Å². The van der Waals surface area contributed by atoms with Crippen LogP contribution in [0.1, 0.15) is 40.4 Å². The summed E-state index contributed by atoms with van der Waals surface area (Å²) in [6, 6.07) is 13.6. The van der Waals surface area contributed by atoms with Crippen LogP contribution in [0.4, 0.5) is 5.69 Å². The summed E-state index contributed by atoms with van der Waals surface area (Å²) in [5, 5.41) is 13.0. The van der Waals surface area contributed by atoms with Gasteiger partial charge in [-0.15, -0.1) is 0 Å². The number of nitrogens with one attached hydrogen (secondary N) is 1. The van der Waals surface area contributed by atoms with Gasteiger partial charge in [0.25, 0.3) is 0 Å². The summed E-state index contributed by atoms with van der Waals surface area (Å²) >= 11 is 6.02. The van der Waals surface area contributed by atoms with Crippen molar-refractivity contribution in [1.82, 2.24) is 0 Å². The van der Waals surface area contributed by atoms with Gasteiger partial charge in [0, 0.05) is 0 Å². The van der Waals surface area contributed by atoms with Crippen LogP contribution < -0.4 is 5.32 Å². The Labute approximate surface area is 128 Å². The van der Waals surface area contributed by atoms with Gasteiger partial charge < -0.3 is 10.4 Å². The number of fused-ring (bicyclic) bond motifs is 1. The Bertz CT molecular complexity index is 684. The van der Waals surface area contributed by atoms with Gasteiger partial charge in [-0.3, -0.25) is 0 Å². The van der Waals surface area contributed by atoms with E-state index in [2.05, 4.69) is 17.4 Å². The van der Waals surface area contributed by atoms with Crippen molar-refractivity contribution >= 4 is 23.3 Å². The predicted molar refractivity (Wildman–Crippen MR) is 84.2 cm³/mol. The number of carboxylic acid groups (broad SMARTS) is 1. The summed E-state index contributed by atoms with van der Waals surface area (Å²) < 4.78 is 0. The van der Waals surface area contributed by atoms with E-state index in [9.17, 15) is 9.90 Å². The smallest absolute Gasteiger partial charge is 0.339 e. The first kappa shape index (κ1) is 14.0. The van der Waals surface area contributed by atoms with E-state index in [0.29, 0.717) is 5.69 Å². The molecule has 0 spiro atoms. The van der Waals surface area contributed by atoms with Gasteiger partial charge in [0.15, 0.2) is 0 Å². The minimum atomic E-state index is -1.01. The summed E-state index contributed by atoms with van der Waals surface area (Å²) in [5.41, 5.74) is 3.30. The molecule has 2 N–H and O–H groups in total. The summed E-state index contributed by atoms with van der Waals surface area (Å²) in [6.07, 6.45) is 3.16. The van der Waals surface area contributed by atoms with Gasteiger partial charge in [0.05, 0.1) is 16.8 Å². The van der Waals surface area contributed by atoms with Crippen LogP contribution in [0.15, 0.2) is 42.5 Å². The monoisotopic (exact) mass is 301 g/mol. The van der Waals surface area contributed by atoms with E-state index in [-0.39, 0.29) is 16.6 Å². The number of hydrogen-bond acceptors (Lipinski definition) is 2. The highest BCUT2D eigenvalue weighted by Crippen LogP contribution is 2.34. The van der Waals surface area contributed by atoms with E-state index in [0.717, 1.165) is 19.3 Å². The van der Waals surface area contributed by atoms with E-state index in [4.69, 9.17) is 11.6 Å². The highest BCUT2D eigenvalue weighted by molar-refractivity contribution is 6.34. The number of hydrogen-bond donors (Lipinski definition) is 2. The Hall–Kier alpha value is -2.00. The molecule has 0 fully saturated rings. The van der Waals surface area contributed by atoms with Crippen LogP contribution in [0.25, 0.3) is 0 Å². The van der Waals surface area contributed by atoms with Crippen molar-refractivity contribution in [3.05, 3.63) is 64.2 Å². The van der Waals surface area contributed by atoms with Crippen molar-refractivity contribution in [2.75, 3.05) is 5.32 Å². The molecule has 1 unspecified atom stereocenters. The lowest BCUT2D eigenvalue weighted by Gasteiger charge is -2.28. The average molecular weight is 302 g/mol. The minimum Gasteiger partial charge on any atom is -0.478 e. The van der Waals surface area contributed by atoms with Crippen molar-refractivity contribution in [3.63, 3.8) is 0 Å². The zero-order valence-electron chi connectivity index (χ0n) is 11.5. The number of halogens is 1. The second kappa shape index (κ2) is 5.78. The highest BCUT2D eigenvalue weighted by atomic mass is 35.5. The Kier molecular flexibility index (Phi) is 3.84. The van der Waals surface area contributed by atoms with Crippen molar-refractivity contribution in [1.29, 1.82) is 0 Å². The molecule has 0 saturated carbocycles. The number of aryl methyl sites for hydroxylation is 1. The van der Waals surface area contributed by atoms with Crippen LogP contribution in [0, 0.1) is 0 Å². The van der Waals surface area contributed by atoms with Gasteiger partial charge in [-0.2, -0.15) is 0 Å². The Balaban J connectivity index is 1.96. The molecule has 3 nitrogen and oxygen atoms in total. The topological polar surface area (TPSA) is 49.3 Å². The van der Waals surface area contributed by atoms with Gasteiger partial charge in [0.1, 0.15) is 5.56 Å². The first-order valence-corrected chi connectivity index (χ1v) is 7.41. The SMILES string of the molecule is O=C(O)c1c(Cl)cccc1NC1CCCc2ccccc21. The van der Waals surface area contributed by atoms with Crippen molar-refractivity contribution in [2.45, 2.75) is 25.3 Å². The maximum Gasteiger partial charge on any atom is 0.339 e. The third kappa shape index (κ3) is 2.74. The fourth-order valence-corrected chi connectivity index (χ4v) is 3.21. The largest absolute Gasteiger partial charge is 0.478 e. The van der Waals surface area contributed by atoms with Gasteiger partial charge >= 0.3 is 5.97 Å². The van der Waals surface area contributed by atoms with Crippen LogP contribution in [0.3, 0.4) is 0 Å². The standard InChI is InChI=1S/C17H16ClNO2/c18-13-8-4-10-15(16(13)17(20)21)19-14-9-3-6-11-5-1-2-7-12(11)14/h1-2,4-5,7-8,10,14,19H,3,6,9H2,(H,20,21). The predicted octanol–water partition coefficient (Wildman–Crippen LogP) is 4.53. The molecule has 0 bridgehead atoms. The molecule has 0 amide bonds. The van der Waals surface area contributed by atoms with Crippen LogP contribution in [-0.2, 0) is 6.42 Å². The number of anilines is 1. The number of benzene rings is 2.